The zero-order chi connectivity index (χ0) is 26.1. The van der Waals surface area contributed by atoms with Gasteiger partial charge in [0.1, 0.15) is 5.82 Å². The Morgan fingerprint density at radius 1 is 1.19 bits per heavy atom. The van der Waals surface area contributed by atoms with E-state index in [1.165, 1.54) is 24.5 Å². The van der Waals surface area contributed by atoms with Gasteiger partial charge in [0, 0.05) is 36.6 Å². The maximum atomic E-state index is 13.3. The third-order valence-electron chi connectivity index (χ3n) is 6.02. The molecule has 1 atom stereocenters. The summed E-state index contributed by atoms with van der Waals surface area (Å²) in [6.07, 6.45) is 6.27. The van der Waals surface area contributed by atoms with Gasteiger partial charge < -0.3 is 16.8 Å². The molecular formula is C26H24FN9O. The highest BCUT2D eigenvalue weighted by Gasteiger charge is 2.16. The number of nitrogens with two attached hydrogens (primary N) is 2. The number of benzene rings is 2. The predicted octanol–water partition coefficient (Wildman–Crippen LogP) is 3.37. The van der Waals surface area contributed by atoms with E-state index in [2.05, 4.69) is 25.5 Å². The lowest BCUT2D eigenvalue weighted by molar-refractivity contribution is 0.0968. The molecule has 5 rings (SSSR count). The monoisotopic (exact) mass is 497 g/mol. The van der Waals surface area contributed by atoms with Crippen molar-refractivity contribution in [3.8, 4) is 11.1 Å². The first-order valence-corrected chi connectivity index (χ1v) is 11.4. The maximum absolute atomic E-state index is 13.3. The number of fused-ring (bicyclic) bond motifs is 2. The number of aliphatic imine (C=N–C) groups is 1. The first-order valence-electron chi connectivity index (χ1n) is 11.4. The van der Waals surface area contributed by atoms with Gasteiger partial charge in [-0.3, -0.25) is 14.5 Å². The van der Waals surface area contributed by atoms with Gasteiger partial charge in [-0.15, -0.1) is 5.10 Å². The van der Waals surface area contributed by atoms with Crippen molar-refractivity contribution in [3.63, 3.8) is 0 Å². The van der Waals surface area contributed by atoms with E-state index >= 15 is 0 Å². The fourth-order valence-corrected chi connectivity index (χ4v) is 4.02. The molecule has 186 valence electrons. The van der Waals surface area contributed by atoms with Crippen LogP contribution in [-0.2, 0) is 7.05 Å². The van der Waals surface area contributed by atoms with Gasteiger partial charge in [-0.25, -0.2) is 8.91 Å². The number of hydrogen-bond donors (Lipinski definition) is 3. The SMILES string of the molecule is CC(N=CC(=CN)NC(=O)c1cc(-c2ccn3nc(N)nc3c2)c2cnn(C)c2c1)c1ccc(F)cc1. The van der Waals surface area contributed by atoms with Gasteiger partial charge in [0.2, 0.25) is 5.95 Å². The Balaban J connectivity index is 1.44. The molecule has 0 saturated heterocycles. The number of allylic oxidation sites excluding steroid dienone is 1. The zero-order valence-electron chi connectivity index (χ0n) is 20.1. The molecule has 0 aliphatic heterocycles. The van der Waals surface area contributed by atoms with E-state index in [4.69, 9.17) is 11.5 Å². The second-order valence-corrected chi connectivity index (χ2v) is 8.49. The van der Waals surface area contributed by atoms with Crippen molar-refractivity contribution < 1.29 is 9.18 Å². The third kappa shape index (κ3) is 4.74. The standard InChI is InChI=1S/C26H24FN9O/c1-15(16-3-5-19(27)6-4-16)30-13-20(12-28)32-25(37)18-9-21(22-14-31-35(2)23(22)10-18)17-7-8-36-24(11-17)33-26(29)34-36/h3-15H,28H2,1-2H3,(H2,29,34)(H,32,37). The number of pyridine rings is 1. The van der Waals surface area contributed by atoms with Crippen LogP contribution < -0.4 is 16.8 Å². The number of nitrogens with one attached hydrogen (secondary N) is 1. The molecule has 10 nitrogen and oxygen atoms in total. The Morgan fingerprint density at radius 2 is 1.97 bits per heavy atom. The summed E-state index contributed by atoms with van der Waals surface area (Å²) in [4.78, 5) is 21.9. The molecule has 11 heteroatoms. The number of rotatable bonds is 6. The number of nitrogen functional groups attached to an aromatic ring is 1. The van der Waals surface area contributed by atoms with E-state index < -0.39 is 0 Å². The Kier molecular flexibility index (Phi) is 6.10. The molecule has 5 N–H and O–H groups in total. The first kappa shape index (κ1) is 23.7. The van der Waals surface area contributed by atoms with Gasteiger partial charge in [0.15, 0.2) is 5.65 Å². The number of amides is 1. The minimum absolute atomic E-state index is 0.174. The van der Waals surface area contributed by atoms with Crippen molar-refractivity contribution in [2.24, 2.45) is 17.8 Å². The van der Waals surface area contributed by atoms with Crippen molar-refractivity contribution in [2.45, 2.75) is 13.0 Å². The average molecular weight is 498 g/mol. The summed E-state index contributed by atoms with van der Waals surface area (Å²) in [6, 6.07) is 13.1. The number of aryl methyl sites for hydroxylation is 1. The van der Waals surface area contributed by atoms with Crippen LogP contribution in [0.3, 0.4) is 0 Å². The maximum Gasteiger partial charge on any atom is 0.255 e. The minimum atomic E-state index is -0.366. The number of anilines is 1. The van der Waals surface area contributed by atoms with Crippen LogP contribution >= 0.6 is 0 Å². The average Bonchev–Trinajstić information content (AvgIpc) is 3.46. The van der Waals surface area contributed by atoms with Gasteiger partial charge in [0.05, 0.1) is 23.5 Å². The van der Waals surface area contributed by atoms with Gasteiger partial charge >= 0.3 is 0 Å². The molecular weight excluding hydrogens is 473 g/mol. The van der Waals surface area contributed by atoms with Gasteiger partial charge in [0.25, 0.3) is 5.91 Å². The predicted molar refractivity (Wildman–Crippen MR) is 140 cm³/mol. The zero-order valence-corrected chi connectivity index (χ0v) is 20.1. The van der Waals surface area contributed by atoms with Crippen LogP contribution in [0.4, 0.5) is 10.3 Å². The number of carbonyl (C=O) groups is 1. The van der Waals surface area contributed by atoms with E-state index in [0.29, 0.717) is 16.9 Å². The molecule has 37 heavy (non-hydrogen) atoms. The highest BCUT2D eigenvalue weighted by Crippen LogP contribution is 2.31. The summed E-state index contributed by atoms with van der Waals surface area (Å²) in [5, 5.41) is 12.2. The molecule has 0 aliphatic carbocycles. The van der Waals surface area contributed by atoms with Crippen LogP contribution in [0.5, 0.6) is 0 Å². The van der Waals surface area contributed by atoms with Crippen LogP contribution in [0.1, 0.15) is 28.9 Å². The summed E-state index contributed by atoms with van der Waals surface area (Å²) in [7, 11) is 1.81. The molecule has 1 unspecified atom stereocenters. The van der Waals surface area contributed by atoms with E-state index in [1.807, 2.05) is 26.1 Å². The molecule has 3 heterocycles. The van der Waals surface area contributed by atoms with E-state index in [0.717, 1.165) is 27.6 Å². The number of aromatic nitrogens is 5. The van der Waals surface area contributed by atoms with Crippen molar-refractivity contribution in [1.29, 1.82) is 0 Å². The van der Waals surface area contributed by atoms with Crippen molar-refractivity contribution in [1.82, 2.24) is 29.7 Å². The summed E-state index contributed by atoms with van der Waals surface area (Å²) < 4.78 is 16.5. The highest BCUT2D eigenvalue weighted by atomic mass is 19.1. The van der Waals surface area contributed by atoms with Crippen LogP contribution in [0.2, 0.25) is 0 Å². The second kappa shape index (κ2) is 9.53. The fraction of sp³-hybridized carbons (Fsp3) is 0.115. The molecule has 0 radical (unpaired) electrons. The molecule has 1 amide bonds. The lowest BCUT2D eigenvalue weighted by Crippen LogP contribution is -2.24. The number of halogens is 1. The molecule has 0 spiro atoms. The highest BCUT2D eigenvalue weighted by molar-refractivity contribution is 6.05. The molecule has 0 bridgehead atoms. The largest absolute Gasteiger partial charge is 0.403 e. The molecule has 5 aromatic rings. The molecule has 0 saturated carbocycles. The van der Waals surface area contributed by atoms with Crippen LogP contribution in [0, 0.1) is 5.82 Å². The van der Waals surface area contributed by atoms with E-state index in [9.17, 15) is 9.18 Å². The first-order chi connectivity index (χ1) is 17.8. The van der Waals surface area contributed by atoms with Gasteiger partial charge in [-0.2, -0.15) is 10.1 Å². The van der Waals surface area contributed by atoms with E-state index in [-0.39, 0.29) is 23.7 Å². The normalized spacial score (nSPS) is 13.0. The molecule has 0 aliphatic rings. The van der Waals surface area contributed by atoms with Crippen LogP contribution in [0.25, 0.3) is 27.7 Å². The summed E-state index contributed by atoms with van der Waals surface area (Å²) in [5.74, 6) is -0.506. The summed E-state index contributed by atoms with van der Waals surface area (Å²) >= 11 is 0. The number of carbonyl (C=O) groups excluding carboxylic acids is 1. The van der Waals surface area contributed by atoms with Crippen molar-refractivity contribution in [3.05, 3.63) is 89.8 Å². The third-order valence-corrected chi connectivity index (χ3v) is 6.02. The Morgan fingerprint density at radius 3 is 2.73 bits per heavy atom. The van der Waals surface area contributed by atoms with Crippen LogP contribution in [0.15, 0.2) is 77.8 Å². The van der Waals surface area contributed by atoms with Crippen molar-refractivity contribution in [2.75, 3.05) is 5.73 Å². The Hall–Kier alpha value is -5.06. The lowest BCUT2D eigenvalue weighted by atomic mass is 9.99. The molecule has 2 aromatic carbocycles. The Bertz CT molecular complexity index is 1680. The summed E-state index contributed by atoms with van der Waals surface area (Å²) in [5.41, 5.74) is 16.1. The summed E-state index contributed by atoms with van der Waals surface area (Å²) in [6.45, 7) is 1.86. The minimum Gasteiger partial charge on any atom is -0.403 e. The smallest absolute Gasteiger partial charge is 0.255 e. The molecule has 0 fully saturated rings. The number of hydrogen-bond acceptors (Lipinski definition) is 7. The lowest BCUT2D eigenvalue weighted by Gasteiger charge is -2.11. The van der Waals surface area contributed by atoms with E-state index in [1.54, 1.807) is 45.9 Å². The van der Waals surface area contributed by atoms with Gasteiger partial charge in [-0.05, 0) is 60.0 Å². The second-order valence-electron chi connectivity index (χ2n) is 8.49. The Labute approximate surface area is 211 Å². The van der Waals surface area contributed by atoms with Crippen molar-refractivity contribution >= 4 is 34.6 Å². The topological polar surface area (TPSA) is 142 Å². The quantitative estimate of drug-likeness (QED) is 0.307. The fourth-order valence-electron chi connectivity index (χ4n) is 4.02. The van der Waals surface area contributed by atoms with Crippen LogP contribution in [-0.4, -0.2) is 36.5 Å². The molecule has 3 aromatic heterocycles. The van der Waals surface area contributed by atoms with Gasteiger partial charge in [-0.1, -0.05) is 12.1 Å². The number of nitrogens with zero attached hydrogens (tertiary/aromatic N) is 6.